The quantitative estimate of drug-likeness (QED) is 0.427. The van der Waals surface area contributed by atoms with Crippen LogP contribution in [-0.2, 0) is 9.59 Å². The number of ether oxygens (including phenoxy) is 1. The fraction of sp³-hybridized carbons (Fsp3) is 0.211. The minimum absolute atomic E-state index is 0.552. The van der Waals surface area contributed by atoms with Gasteiger partial charge in [0.2, 0.25) is 0 Å². The van der Waals surface area contributed by atoms with Crippen molar-refractivity contribution in [2.24, 2.45) is 5.10 Å². The van der Waals surface area contributed by atoms with Crippen LogP contribution in [0.1, 0.15) is 24.5 Å². The predicted molar refractivity (Wildman–Crippen MR) is 105 cm³/mol. The van der Waals surface area contributed by atoms with Gasteiger partial charge < -0.3 is 10.1 Å². The number of hydrogen-bond donors (Lipinski definition) is 2. The van der Waals surface area contributed by atoms with Crippen molar-refractivity contribution in [2.75, 3.05) is 11.9 Å². The summed E-state index contributed by atoms with van der Waals surface area (Å²) < 4.78 is 6.49. The van der Waals surface area contributed by atoms with Gasteiger partial charge in [-0.3, -0.25) is 9.59 Å². The number of hydrogen-bond acceptors (Lipinski definition) is 4. The first kappa shape index (κ1) is 19.7. The van der Waals surface area contributed by atoms with Crippen LogP contribution < -0.4 is 15.5 Å². The highest BCUT2D eigenvalue weighted by atomic mass is 79.9. The normalized spacial score (nSPS) is 10.6. The number of nitrogens with one attached hydrogen (secondary N) is 2. The third-order valence-corrected chi connectivity index (χ3v) is 3.78. The standard InChI is InChI=1S/C19H20BrN3O3/c1-3-9-26-17-8-7-15(20)11-14(17)12-21-23-19(25)18(24)22-16-6-4-5-13(2)10-16/h4-8,10-12H,3,9H2,1-2H3,(H,22,24)(H,23,25)/b21-12-. The van der Waals surface area contributed by atoms with Crippen molar-refractivity contribution in [1.82, 2.24) is 5.43 Å². The largest absolute Gasteiger partial charge is 0.493 e. The van der Waals surface area contributed by atoms with E-state index < -0.39 is 11.8 Å². The van der Waals surface area contributed by atoms with E-state index in [0.29, 0.717) is 23.6 Å². The van der Waals surface area contributed by atoms with Gasteiger partial charge >= 0.3 is 11.8 Å². The first-order valence-electron chi connectivity index (χ1n) is 8.13. The topological polar surface area (TPSA) is 79.8 Å². The molecule has 2 aromatic rings. The molecule has 0 atom stereocenters. The summed E-state index contributed by atoms with van der Waals surface area (Å²) in [6.07, 6.45) is 2.32. The number of anilines is 1. The highest BCUT2D eigenvalue weighted by Gasteiger charge is 2.13. The Hall–Kier alpha value is -2.67. The van der Waals surface area contributed by atoms with Gasteiger partial charge in [0.15, 0.2) is 0 Å². The fourth-order valence-corrected chi connectivity index (χ4v) is 2.46. The molecule has 0 aromatic heterocycles. The van der Waals surface area contributed by atoms with Gasteiger partial charge in [-0.15, -0.1) is 0 Å². The molecule has 0 radical (unpaired) electrons. The monoisotopic (exact) mass is 417 g/mol. The number of nitrogens with zero attached hydrogens (tertiary/aromatic N) is 1. The maximum absolute atomic E-state index is 11.9. The molecule has 0 fully saturated rings. The number of carbonyl (C=O) groups excluding carboxylic acids is 2. The minimum Gasteiger partial charge on any atom is -0.493 e. The molecule has 0 spiro atoms. The third kappa shape index (κ3) is 6.00. The smallest absolute Gasteiger partial charge is 0.329 e. The van der Waals surface area contributed by atoms with E-state index in [-0.39, 0.29) is 0 Å². The van der Waals surface area contributed by atoms with E-state index in [1.165, 1.54) is 6.21 Å². The first-order valence-corrected chi connectivity index (χ1v) is 8.92. The number of halogens is 1. The van der Waals surface area contributed by atoms with Gasteiger partial charge in [0, 0.05) is 15.7 Å². The Bertz CT molecular complexity index is 821. The van der Waals surface area contributed by atoms with Crippen LogP contribution in [0.4, 0.5) is 5.69 Å². The van der Waals surface area contributed by atoms with Crippen molar-refractivity contribution >= 4 is 39.6 Å². The molecule has 0 bridgehead atoms. The molecule has 0 heterocycles. The highest BCUT2D eigenvalue weighted by Crippen LogP contribution is 2.22. The van der Waals surface area contributed by atoms with Gasteiger partial charge in [-0.25, -0.2) is 5.43 Å². The summed E-state index contributed by atoms with van der Waals surface area (Å²) in [7, 11) is 0. The molecule has 2 aromatic carbocycles. The summed E-state index contributed by atoms with van der Waals surface area (Å²) in [5, 5.41) is 6.37. The summed E-state index contributed by atoms with van der Waals surface area (Å²) in [6, 6.07) is 12.7. The number of rotatable bonds is 6. The molecule has 6 nitrogen and oxygen atoms in total. The van der Waals surface area contributed by atoms with E-state index in [2.05, 4.69) is 31.8 Å². The van der Waals surface area contributed by atoms with Crippen LogP contribution in [0, 0.1) is 6.92 Å². The van der Waals surface area contributed by atoms with E-state index in [1.54, 1.807) is 18.2 Å². The average molecular weight is 418 g/mol. The molecule has 0 aliphatic heterocycles. The number of amides is 2. The maximum atomic E-state index is 11.9. The zero-order chi connectivity index (χ0) is 18.9. The second-order valence-electron chi connectivity index (χ2n) is 5.55. The molecular weight excluding hydrogens is 398 g/mol. The van der Waals surface area contributed by atoms with Crippen LogP contribution in [0.25, 0.3) is 0 Å². The van der Waals surface area contributed by atoms with Crippen molar-refractivity contribution in [2.45, 2.75) is 20.3 Å². The van der Waals surface area contributed by atoms with Gasteiger partial charge in [0.05, 0.1) is 12.8 Å². The van der Waals surface area contributed by atoms with Gasteiger partial charge in [-0.05, 0) is 49.2 Å². The molecule has 0 aliphatic rings. The summed E-state index contributed by atoms with van der Waals surface area (Å²) in [5.41, 5.74) is 4.44. The highest BCUT2D eigenvalue weighted by molar-refractivity contribution is 9.10. The SMILES string of the molecule is CCCOc1ccc(Br)cc1/C=N\NC(=O)C(=O)Nc1cccc(C)c1. The van der Waals surface area contributed by atoms with E-state index in [4.69, 9.17) is 4.74 Å². The van der Waals surface area contributed by atoms with Crippen LogP contribution in [0.2, 0.25) is 0 Å². The summed E-state index contributed by atoms with van der Waals surface area (Å²) in [6.45, 7) is 4.49. The molecule has 7 heteroatoms. The number of carbonyl (C=O) groups is 2. The molecule has 2 amide bonds. The van der Waals surface area contributed by atoms with Crippen LogP contribution in [0.3, 0.4) is 0 Å². The fourth-order valence-electron chi connectivity index (χ4n) is 2.09. The summed E-state index contributed by atoms with van der Waals surface area (Å²) in [5.74, 6) is -0.990. The Morgan fingerprint density at radius 1 is 1.19 bits per heavy atom. The first-order chi connectivity index (χ1) is 12.5. The Labute approximate surface area is 160 Å². The van der Waals surface area contributed by atoms with E-state index in [9.17, 15) is 9.59 Å². The zero-order valence-corrected chi connectivity index (χ0v) is 16.2. The molecule has 2 rings (SSSR count). The van der Waals surface area contributed by atoms with E-state index in [0.717, 1.165) is 16.5 Å². The Kier molecular flexibility index (Phi) is 7.35. The predicted octanol–water partition coefficient (Wildman–Crippen LogP) is 3.64. The van der Waals surface area contributed by atoms with Crippen LogP contribution in [-0.4, -0.2) is 24.6 Å². The summed E-state index contributed by atoms with van der Waals surface area (Å²) in [4.78, 5) is 23.8. The Morgan fingerprint density at radius 2 is 2.00 bits per heavy atom. The van der Waals surface area contributed by atoms with Gasteiger partial charge in [0.1, 0.15) is 5.75 Å². The van der Waals surface area contributed by atoms with Gasteiger partial charge in [-0.2, -0.15) is 5.10 Å². The molecule has 0 aliphatic carbocycles. The lowest BCUT2D eigenvalue weighted by atomic mass is 10.2. The van der Waals surface area contributed by atoms with Crippen molar-refractivity contribution in [3.8, 4) is 5.75 Å². The van der Waals surface area contributed by atoms with Gasteiger partial charge in [0.25, 0.3) is 0 Å². The minimum atomic E-state index is -0.853. The lowest BCUT2D eigenvalue weighted by Gasteiger charge is -2.08. The van der Waals surface area contributed by atoms with Crippen molar-refractivity contribution in [1.29, 1.82) is 0 Å². The van der Waals surface area contributed by atoms with E-state index in [1.807, 2.05) is 38.1 Å². The molecule has 136 valence electrons. The average Bonchev–Trinajstić information content (AvgIpc) is 2.61. The lowest BCUT2D eigenvalue weighted by Crippen LogP contribution is -2.32. The molecular formula is C19H20BrN3O3. The van der Waals surface area contributed by atoms with E-state index >= 15 is 0 Å². The lowest BCUT2D eigenvalue weighted by molar-refractivity contribution is -0.136. The van der Waals surface area contributed by atoms with Crippen LogP contribution in [0.5, 0.6) is 5.75 Å². The molecule has 0 unspecified atom stereocenters. The molecule has 0 saturated carbocycles. The molecule has 26 heavy (non-hydrogen) atoms. The number of benzene rings is 2. The molecule has 2 N–H and O–H groups in total. The molecule has 0 saturated heterocycles. The summed E-state index contributed by atoms with van der Waals surface area (Å²) >= 11 is 3.38. The second-order valence-corrected chi connectivity index (χ2v) is 6.47. The number of hydrazone groups is 1. The second kappa shape index (κ2) is 9.72. The van der Waals surface area contributed by atoms with Crippen LogP contribution >= 0.6 is 15.9 Å². The third-order valence-electron chi connectivity index (χ3n) is 3.29. The van der Waals surface area contributed by atoms with Crippen molar-refractivity contribution < 1.29 is 14.3 Å². The van der Waals surface area contributed by atoms with Crippen molar-refractivity contribution in [3.05, 3.63) is 58.1 Å². The van der Waals surface area contributed by atoms with Crippen molar-refractivity contribution in [3.63, 3.8) is 0 Å². The maximum Gasteiger partial charge on any atom is 0.329 e. The number of aryl methyl sites for hydroxylation is 1. The Morgan fingerprint density at radius 3 is 2.73 bits per heavy atom. The van der Waals surface area contributed by atoms with Crippen LogP contribution in [0.15, 0.2) is 52.0 Å². The zero-order valence-electron chi connectivity index (χ0n) is 14.6. The Balaban J connectivity index is 1.98. The van der Waals surface area contributed by atoms with Gasteiger partial charge in [-0.1, -0.05) is 35.0 Å².